The highest BCUT2D eigenvalue weighted by atomic mass is 32.2. The second kappa shape index (κ2) is 2.18. The maximum absolute atomic E-state index is 4.23. The third-order valence-corrected chi connectivity index (χ3v) is 2.14. The van der Waals surface area contributed by atoms with E-state index in [0.29, 0.717) is 0 Å². The first-order valence-electron chi connectivity index (χ1n) is 3.02. The maximum atomic E-state index is 4.23. The molecule has 1 nitrogen and oxygen atoms in total. The quantitative estimate of drug-likeness (QED) is 0.472. The van der Waals surface area contributed by atoms with Crippen molar-refractivity contribution >= 4 is 17.7 Å². The van der Waals surface area contributed by atoms with Gasteiger partial charge in [0.1, 0.15) is 0 Å². The van der Waals surface area contributed by atoms with E-state index in [9.17, 15) is 0 Å². The van der Waals surface area contributed by atoms with Crippen LogP contribution in [0.2, 0.25) is 0 Å². The van der Waals surface area contributed by atoms with Crippen LogP contribution in [0.15, 0.2) is 16.5 Å². The molecule has 0 N–H and O–H groups in total. The molecule has 1 aliphatic rings. The summed E-state index contributed by atoms with van der Waals surface area (Å²) in [5.74, 6) is 0. The first kappa shape index (κ1) is 6.87. The Morgan fingerprint density at radius 1 is 1.56 bits per heavy atom. The van der Waals surface area contributed by atoms with E-state index in [4.69, 9.17) is 0 Å². The van der Waals surface area contributed by atoms with E-state index in [0.717, 1.165) is 5.71 Å². The Labute approximate surface area is 60.4 Å². The summed E-state index contributed by atoms with van der Waals surface area (Å²) in [6.45, 7) is 6.33. The molecule has 0 saturated carbocycles. The molecule has 0 aromatic rings. The lowest BCUT2D eigenvalue weighted by Gasteiger charge is -2.18. The Balaban J connectivity index is 2.70. The molecule has 0 spiro atoms. The van der Waals surface area contributed by atoms with Gasteiger partial charge in [0.05, 0.1) is 4.75 Å². The van der Waals surface area contributed by atoms with Crippen molar-refractivity contribution in [3.8, 4) is 0 Å². The number of rotatable bonds is 0. The Morgan fingerprint density at radius 3 is 2.56 bits per heavy atom. The summed E-state index contributed by atoms with van der Waals surface area (Å²) in [6.07, 6.45) is 4.25. The lowest BCUT2D eigenvalue weighted by Crippen LogP contribution is -2.12. The average Bonchev–Trinajstić information content (AvgIpc) is 1.78. The van der Waals surface area contributed by atoms with E-state index >= 15 is 0 Å². The second-order valence-electron chi connectivity index (χ2n) is 2.76. The Hall–Kier alpha value is -0.240. The van der Waals surface area contributed by atoms with E-state index in [2.05, 4.69) is 30.4 Å². The van der Waals surface area contributed by atoms with Gasteiger partial charge in [0.2, 0.25) is 0 Å². The van der Waals surface area contributed by atoms with Gasteiger partial charge in [-0.15, -0.1) is 0 Å². The van der Waals surface area contributed by atoms with Gasteiger partial charge in [-0.2, -0.15) is 0 Å². The molecule has 2 heteroatoms. The van der Waals surface area contributed by atoms with Crippen LogP contribution in [0, 0.1) is 0 Å². The number of hydrogen-bond donors (Lipinski definition) is 0. The van der Waals surface area contributed by atoms with Crippen molar-refractivity contribution in [1.29, 1.82) is 0 Å². The van der Waals surface area contributed by atoms with Gasteiger partial charge in [0.25, 0.3) is 0 Å². The minimum absolute atomic E-state index is 0.208. The summed E-state index contributed by atoms with van der Waals surface area (Å²) in [4.78, 5) is 0. The van der Waals surface area contributed by atoms with Crippen molar-refractivity contribution in [3.63, 3.8) is 0 Å². The van der Waals surface area contributed by atoms with Crippen molar-refractivity contribution in [2.75, 3.05) is 0 Å². The van der Waals surface area contributed by atoms with Crippen LogP contribution in [0.1, 0.15) is 20.8 Å². The fourth-order valence-electron chi connectivity index (χ4n) is 0.572. The van der Waals surface area contributed by atoms with Gasteiger partial charge >= 0.3 is 0 Å². The summed E-state index contributed by atoms with van der Waals surface area (Å²) in [5, 5.41) is 0. The van der Waals surface area contributed by atoms with Gasteiger partial charge in [-0.1, -0.05) is 6.08 Å². The summed E-state index contributed by atoms with van der Waals surface area (Å²) in [5.41, 5.74) is 1.11. The van der Waals surface area contributed by atoms with Gasteiger partial charge in [-0.25, -0.2) is 4.40 Å². The smallest absolute Gasteiger partial charge is 0.0505 e. The molecule has 1 aliphatic heterocycles. The largest absolute Gasteiger partial charge is 0.221 e. The summed E-state index contributed by atoms with van der Waals surface area (Å²) >= 11 is 1.63. The van der Waals surface area contributed by atoms with Crippen LogP contribution in [-0.4, -0.2) is 10.5 Å². The highest BCUT2D eigenvalue weighted by Gasteiger charge is 2.16. The second-order valence-corrected chi connectivity index (χ2v) is 4.18. The van der Waals surface area contributed by atoms with Crippen LogP contribution in [0.5, 0.6) is 0 Å². The van der Waals surface area contributed by atoms with Crippen LogP contribution in [0.3, 0.4) is 0 Å². The van der Waals surface area contributed by atoms with Crippen LogP contribution in [0.25, 0.3) is 0 Å². The predicted molar refractivity (Wildman–Crippen MR) is 43.9 cm³/mol. The number of allylic oxidation sites excluding steroid dienone is 1. The number of hydrogen-bond acceptors (Lipinski definition) is 2. The van der Waals surface area contributed by atoms with Crippen molar-refractivity contribution < 1.29 is 0 Å². The molecule has 0 radical (unpaired) electrons. The highest BCUT2D eigenvalue weighted by molar-refractivity contribution is 7.99. The third kappa shape index (κ3) is 1.86. The molecular weight excluding hydrogens is 130 g/mol. The Kier molecular flexibility index (Phi) is 1.66. The van der Waals surface area contributed by atoms with Crippen LogP contribution < -0.4 is 0 Å². The van der Waals surface area contributed by atoms with Gasteiger partial charge in [-0.3, -0.25) is 0 Å². The first-order chi connectivity index (χ1) is 4.10. The zero-order valence-corrected chi connectivity index (χ0v) is 6.83. The Morgan fingerprint density at radius 2 is 2.22 bits per heavy atom. The maximum Gasteiger partial charge on any atom is 0.0505 e. The van der Waals surface area contributed by atoms with Crippen molar-refractivity contribution in [2.45, 2.75) is 25.5 Å². The van der Waals surface area contributed by atoms with E-state index in [1.165, 1.54) is 0 Å². The van der Waals surface area contributed by atoms with Gasteiger partial charge in [-0.05, 0) is 38.8 Å². The molecule has 0 unspecified atom stereocenters. The molecule has 1 rings (SSSR count). The van der Waals surface area contributed by atoms with Crippen LogP contribution in [0.4, 0.5) is 0 Å². The first-order valence-corrected chi connectivity index (χ1v) is 3.79. The van der Waals surface area contributed by atoms with Crippen LogP contribution >= 0.6 is 11.9 Å². The highest BCUT2D eigenvalue weighted by Crippen LogP contribution is 2.29. The van der Waals surface area contributed by atoms with E-state index in [-0.39, 0.29) is 4.75 Å². The molecule has 0 fully saturated rings. The van der Waals surface area contributed by atoms with Gasteiger partial charge in [0.15, 0.2) is 0 Å². The summed E-state index contributed by atoms with van der Waals surface area (Å²) in [6, 6.07) is 0. The van der Waals surface area contributed by atoms with Crippen molar-refractivity contribution in [2.24, 2.45) is 4.40 Å². The molecule has 0 aromatic heterocycles. The SMILES string of the molecule is CC1=NSC(C)(C)C=C1. The third-order valence-electron chi connectivity index (χ3n) is 1.15. The molecule has 0 amide bonds. The van der Waals surface area contributed by atoms with Crippen molar-refractivity contribution in [3.05, 3.63) is 12.2 Å². The molecule has 0 aliphatic carbocycles. The average molecular weight is 141 g/mol. The fraction of sp³-hybridized carbons (Fsp3) is 0.571. The molecule has 0 bridgehead atoms. The van der Waals surface area contributed by atoms with E-state index in [1.807, 2.05) is 6.92 Å². The minimum Gasteiger partial charge on any atom is -0.221 e. The number of nitrogens with zero attached hydrogens (tertiary/aromatic N) is 1. The zero-order chi connectivity index (χ0) is 6.91. The molecule has 0 aromatic carbocycles. The topological polar surface area (TPSA) is 12.4 Å². The molecule has 50 valence electrons. The van der Waals surface area contributed by atoms with Gasteiger partial charge < -0.3 is 0 Å². The molecular formula is C7H11NS. The molecule has 0 saturated heterocycles. The minimum atomic E-state index is 0.208. The molecule has 1 heterocycles. The summed E-state index contributed by atoms with van der Waals surface area (Å²) in [7, 11) is 0. The monoisotopic (exact) mass is 141 g/mol. The molecule has 0 atom stereocenters. The lowest BCUT2D eigenvalue weighted by atomic mass is 10.2. The lowest BCUT2D eigenvalue weighted by molar-refractivity contribution is 0.897. The fourth-order valence-corrected chi connectivity index (χ4v) is 1.14. The Bertz CT molecular complexity index is 168. The van der Waals surface area contributed by atoms with E-state index < -0.39 is 0 Å². The zero-order valence-electron chi connectivity index (χ0n) is 6.01. The molecule has 9 heavy (non-hydrogen) atoms. The predicted octanol–water partition coefficient (Wildman–Crippen LogP) is 2.44. The normalized spacial score (nSPS) is 23.7. The van der Waals surface area contributed by atoms with Crippen LogP contribution in [-0.2, 0) is 0 Å². The standard InChI is InChI=1S/C7H11NS/c1-6-4-5-7(2,3)9-8-6/h4-5H,1-3H3. The van der Waals surface area contributed by atoms with E-state index in [1.54, 1.807) is 11.9 Å². The summed E-state index contributed by atoms with van der Waals surface area (Å²) < 4.78 is 4.44. The van der Waals surface area contributed by atoms with Gasteiger partial charge in [0, 0.05) is 5.71 Å². The van der Waals surface area contributed by atoms with Crippen molar-refractivity contribution in [1.82, 2.24) is 0 Å².